The van der Waals surface area contributed by atoms with Gasteiger partial charge >= 0.3 is 0 Å². The van der Waals surface area contributed by atoms with E-state index in [-0.39, 0.29) is 12.5 Å². The summed E-state index contributed by atoms with van der Waals surface area (Å²) >= 11 is 4.93. The van der Waals surface area contributed by atoms with E-state index in [0.717, 1.165) is 11.1 Å². The second kappa shape index (κ2) is 6.85. The molecule has 3 N–H and O–H groups in total. The van der Waals surface area contributed by atoms with Crippen LogP contribution >= 0.6 is 12.2 Å². The largest absolute Gasteiger partial charge is 0.484 e. The molecule has 2 rings (SSSR count). The molecule has 4 nitrogen and oxygen atoms in total. The third kappa shape index (κ3) is 4.29. The number of carbonyl (C=O) groups excluding carboxylic acids is 1. The van der Waals surface area contributed by atoms with Crippen molar-refractivity contribution < 1.29 is 9.53 Å². The molecular formula is C16H16N2O2S. The summed E-state index contributed by atoms with van der Waals surface area (Å²) in [5.41, 5.74) is 7.93. The van der Waals surface area contributed by atoms with Crippen LogP contribution in [0.3, 0.4) is 0 Å². The molecule has 0 saturated carbocycles. The van der Waals surface area contributed by atoms with Crippen LogP contribution in [0.4, 0.5) is 5.69 Å². The number of nitrogens with one attached hydrogen (secondary N) is 1. The lowest BCUT2D eigenvalue weighted by molar-refractivity contribution is -0.118. The molecule has 0 aromatic heterocycles. The molecule has 1 amide bonds. The van der Waals surface area contributed by atoms with Gasteiger partial charge in [-0.2, -0.15) is 0 Å². The molecule has 2 aromatic carbocycles. The Bertz CT molecular complexity index is 657. The van der Waals surface area contributed by atoms with E-state index < -0.39 is 0 Å². The number of hydrogen-bond donors (Lipinski definition) is 2. The second-order valence-electron chi connectivity index (χ2n) is 4.54. The average Bonchev–Trinajstić information content (AvgIpc) is 2.48. The first-order chi connectivity index (χ1) is 10.1. The van der Waals surface area contributed by atoms with Crippen molar-refractivity contribution in [2.75, 3.05) is 11.9 Å². The van der Waals surface area contributed by atoms with Crippen molar-refractivity contribution in [1.29, 1.82) is 0 Å². The molecule has 0 atom stereocenters. The van der Waals surface area contributed by atoms with Gasteiger partial charge in [-0.3, -0.25) is 4.79 Å². The number of amides is 1. The van der Waals surface area contributed by atoms with E-state index in [0.29, 0.717) is 16.4 Å². The lowest BCUT2D eigenvalue weighted by Crippen LogP contribution is -2.21. The van der Waals surface area contributed by atoms with Gasteiger partial charge in [0.15, 0.2) is 6.61 Å². The molecule has 0 bridgehead atoms. The third-order valence-corrected chi connectivity index (χ3v) is 3.15. The van der Waals surface area contributed by atoms with Gasteiger partial charge in [-0.1, -0.05) is 42.5 Å². The van der Waals surface area contributed by atoms with E-state index in [2.05, 4.69) is 5.32 Å². The highest BCUT2D eigenvalue weighted by Gasteiger charge is 2.07. The number of thiocarbonyl (C=S) groups is 1. The molecule has 0 saturated heterocycles. The lowest BCUT2D eigenvalue weighted by atomic mass is 10.1. The normalized spacial score (nSPS) is 9.95. The van der Waals surface area contributed by atoms with Crippen molar-refractivity contribution in [3.63, 3.8) is 0 Å². The fourth-order valence-corrected chi connectivity index (χ4v) is 1.89. The quantitative estimate of drug-likeness (QED) is 0.833. The molecule has 0 aliphatic heterocycles. The summed E-state index contributed by atoms with van der Waals surface area (Å²) in [6.45, 7) is 1.85. The summed E-state index contributed by atoms with van der Waals surface area (Å²) in [5, 5.41) is 2.80. The number of carbonyl (C=O) groups is 1. The molecule has 2 aromatic rings. The number of hydrogen-bond acceptors (Lipinski definition) is 3. The highest BCUT2D eigenvalue weighted by Crippen LogP contribution is 2.17. The Morgan fingerprint density at radius 2 is 1.95 bits per heavy atom. The molecule has 0 fully saturated rings. The van der Waals surface area contributed by atoms with E-state index in [4.69, 9.17) is 22.7 Å². The number of anilines is 1. The Morgan fingerprint density at radius 1 is 1.24 bits per heavy atom. The van der Waals surface area contributed by atoms with Gasteiger partial charge in [0.05, 0.1) is 0 Å². The van der Waals surface area contributed by atoms with Crippen molar-refractivity contribution in [3.05, 3.63) is 59.7 Å². The molecule has 0 spiro atoms. The monoisotopic (exact) mass is 300 g/mol. The van der Waals surface area contributed by atoms with Gasteiger partial charge in [0, 0.05) is 11.3 Å². The number of rotatable bonds is 5. The second-order valence-corrected chi connectivity index (χ2v) is 4.98. The SMILES string of the molecule is Cc1ccc(C(N)=S)cc1NC(=O)COc1ccccc1. The Labute approximate surface area is 128 Å². The molecule has 0 unspecified atom stereocenters. The molecule has 108 valence electrons. The molecule has 5 heteroatoms. The van der Waals surface area contributed by atoms with Crippen molar-refractivity contribution in [1.82, 2.24) is 0 Å². The van der Waals surface area contributed by atoms with Crippen LogP contribution < -0.4 is 15.8 Å². The van der Waals surface area contributed by atoms with E-state index >= 15 is 0 Å². The number of aryl methyl sites for hydroxylation is 1. The maximum Gasteiger partial charge on any atom is 0.262 e. The minimum atomic E-state index is -0.234. The highest BCUT2D eigenvalue weighted by atomic mass is 32.1. The van der Waals surface area contributed by atoms with Crippen LogP contribution in [-0.4, -0.2) is 17.5 Å². The fourth-order valence-electron chi connectivity index (χ4n) is 1.76. The minimum Gasteiger partial charge on any atom is -0.484 e. The van der Waals surface area contributed by atoms with Crippen molar-refractivity contribution in [2.45, 2.75) is 6.92 Å². The predicted molar refractivity (Wildman–Crippen MR) is 87.6 cm³/mol. The van der Waals surface area contributed by atoms with Crippen LogP contribution in [0.1, 0.15) is 11.1 Å². The maximum atomic E-state index is 11.9. The van der Waals surface area contributed by atoms with E-state index in [1.165, 1.54) is 0 Å². The molecule has 0 radical (unpaired) electrons. The van der Waals surface area contributed by atoms with Crippen molar-refractivity contribution in [2.24, 2.45) is 5.73 Å². The highest BCUT2D eigenvalue weighted by molar-refractivity contribution is 7.80. The van der Waals surface area contributed by atoms with Gasteiger partial charge in [0.2, 0.25) is 0 Å². The Balaban J connectivity index is 1.99. The van der Waals surface area contributed by atoms with E-state index in [1.54, 1.807) is 18.2 Å². The first-order valence-electron chi connectivity index (χ1n) is 6.44. The van der Waals surface area contributed by atoms with Gasteiger partial charge in [-0.25, -0.2) is 0 Å². The van der Waals surface area contributed by atoms with Gasteiger partial charge < -0.3 is 15.8 Å². The fraction of sp³-hybridized carbons (Fsp3) is 0.125. The zero-order valence-corrected chi connectivity index (χ0v) is 12.4. The molecular weight excluding hydrogens is 284 g/mol. The first-order valence-corrected chi connectivity index (χ1v) is 6.85. The Kier molecular flexibility index (Phi) is 4.90. The zero-order valence-electron chi connectivity index (χ0n) is 11.6. The van der Waals surface area contributed by atoms with Crippen LogP contribution in [0.2, 0.25) is 0 Å². The topological polar surface area (TPSA) is 64.3 Å². The average molecular weight is 300 g/mol. The van der Waals surface area contributed by atoms with Gasteiger partial charge in [-0.05, 0) is 30.7 Å². The Morgan fingerprint density at radius 3 is 2.62 bits per heavy atom. The van der Waals surface area contributed by atoms with Gasteiger partial charge in [0.25, 0.3) is 5.91 Å². The summed E-state index contributed by atoms with van der Waals surface area (Å²) in [6.07, 6.45) is 0. The van der Waals surface area contributed by atoms with Crippen molar-refractivity contribution >= 4 is 28.8 Å². The summed E-state index contributed by atoms with van der Waals surface area (Å²) < 4.78 is 5.40. The summed E-state index contributed by atoms with van der Waals surface area (Å²) in [6, 6.07) is 14.6. The van der Waals surface area contributed by atoms with Crippen LogP contribution in [0, 0.1) is 6.92 Å². The number of ether oxygens (including phenoxy) is 1. The molecule has 0 heterocycles. The first kappa shape index (κ1) is 15.0. The van der Waals surface area contributed by atoms with Crippen molar-refractivity contribution in [3.8, 4) is 5.75 Å². The molecule has 0 aliphatic carbocycles. The van der Waals surface area contributed by atoms with Gasteiger partial charge in [-0.15, -0.1) is 0 Å². The summed E-state index contributed by atoms with van der Waals surface area (Å²) in [7, 11) is 0. The molecule has 0 aliphatic rings. The third-order valence-electron chi connectivity index (χ3n) is 2.91. The number of nitrogens with two attached hydrogens (primary N) is 1. The van der Waals surface area contributed by atoms with E-state index in [1.807, 2.05) is 37.3 Å². The van der Waals surface area contributed by atoms with Crippen LogP contribution in [-0.2, 0) is 4.79 Å². The molecule has 21 heavy (non-hydrogen) atoms. The number of para-hydroxylation sites is 1. The minimum absolute atomic E-state index is 0.0548. The smallest absolute Gasteiger partial charge is 0.262 e. The standard InChI is InChI=1S/C16H16N2O2S/c1-11-7-8-12(16(17)21)9-14(11)18-15(19)10-20-13-5-3-2-4-6-13/h2-9H,10H2,1H3,(H2,17,21)(H,18,19). The van der Waals surface area contributed by atoms with Gasteiger partial charge in [0.1, 0.15) is 10.7 Å². The maximum absolute atomic E-state index is 11.9. The predicted octanol–water partition coefficient (Wildman–Crippen LogP) is 2.65. The zero-order chi connectivity index (χ0) is 15.2. The van der Waals surface area contributed by atoms with Crippen LogP contribution in [0.5, 0.6) is 5.75 Å². The summed E-state index contributed by atoms with van der Waals surface area (Å²) in [4.78, 5) is 12.2. The lowest BCUT2D eigenvalue weighted by Gasteiger charge is -2.11. The van der Waals surface area contributed by atoms with Crippen LogP contribution in [0.25, 0.3) is 0 Å². The number of benzene rings is 2. The van der Waals surface area contributed by atoms with Crippen LogP contribution in [0.15, 0.2) is 48.5 Å². The summed E-state index contributed by atoms with van der Waals surface area (Å²) in [5.74, 6) is 0.420. The van der Waals surface area contributed by atoms with E-state index in [9.17, 15) is 4.79 Å². The Hall–Kier alpha value is -2.40.